The summed E-state index contributed by atoms with van der Waals surface area (Å²) in [6.07, 6.45) is 0. The summed E-state index contributed by atoms with van der Waals surface area (Å²) in [6, 6.07) is 19.0. The van der Waals surface area contributed by atoms with Gasteiger partial charge in [-0.3, -0.25) is 0 Å². The number of benzene rings is 2. The lowest BCUT2D eigenvalue weighted by molar-refractivity contribution is 0.680. The Morgan fingerprint density at radius 3 is 2.11 bits per heavy atom. The van der Waals surface area contributed by atoms with Crippen LogP contribution in [0.15, 0.2) is 81.9 Å². The van der Waals surface area contributed by atoms with Gasteiger partial charge in [0.25, 0.3) is 0 Å². The third-order valence-corrected chi connectivity index (χ3v) is 4.50. The SMILES string of the molecule is C=CS(=O)(=NCc1ccccc1)c1ccccc1. The Morgan fingerprint density at radius 1 is 1.00 bits per heavy atom. The van der Waals surface area contributed by atoms with E-state index in [1.807, 2.05) is 60.7 Å². The summed E-state index contributed by atoms with van der Waals surface area (Å²) in [4.78, 5) is 0.705. The van der Waals surface area contributed by atoms with Crippen LogP contribution in [0.25, 0.3) is 0 Å². The van der Waals surface area contributed by atoms with Gasteiger partial charge in [0, 0.05) is 5.41 Å². The molecule has 0 spiro atoms. The van der Waals surface area contributed by atoms with Crippen molar-refractivity contribution in [3.63, 3.8) is 0 Å². The summed E-state index contributed by atoms with van der Waals surface area (Å²) in [5.74, 6) is 0. The zero-order valence-corrected chi connectivity index (χ0v) is 10.8. The number of hydrogen-bond donors (Lipinski definition) is 0. The minimum absolute atomic E-state index is 0.431. The zero-order chi connectivity index (χ0) is 12.8. The van der Waals surface area contributed by atoms with Crippen molar-refractivity contribution in [3.8, 4) is 0 Å². The lowest BCUT2D eigenvalue weighted by atomic mass is 10.2. The van der Waals surface area contributed by atoms with E-state index in [1.54, 1.807) is 0 Å². The summed E-state index contributed by atoms with van der Waals surface area (Å²) < 4.78 is 17.0. The maximum Gasteiger partial charge on any atom is 0.0966 e. The molecule has 0 bridgehead atoms. The maximum atomic E-state index is 12.6. The molecule has 2 aromatic rings. The van der Waals surface area contributed by atoms with E-state index < -0.39 is 9.73 Å². The monoisotopic (exact) mass is 257 g/mol. The van der Waals surface area contributed by atoms with Crippen LogP contribution >= 0.6 is 0 Å². The topological polar surface area (TPSA) is 29.4 Å². The largest absolute Gasteiger partial charge is 0.240 e. The van der Waals surface area contributed by atoms with Gasteiger partial charge >= 0.3 is 0 Å². The van der Waals surface area contributed by atoms with Crippen LogP contribution in [-0.2, 0) is 16.3 Å². The average molecular weight is 257 g/mol. The molecular formula is C15H15NOS. The first kappa shape index (κ1) is 12.6. The van der Waals surface area contributed by atoms with Gasteiger partial charge in [0.15, 0.2) is 0 Å². The molecule has 3 heteroatoms. The predicted octanol–water partition coefficient (Wildman–Crippen LogP) is 3.86. The molecule has 2 aromatic carbocycles. The van der Waals surface area contributed by atoms with Gasteiger partial charge < -0.3 is 0 Å². The van der Waals surface area contributed by atoms with E-state index in [4.69, 9.17) is 0 Å². The molecule has 0 saturated carbocycles. The molecule has 2 nitrogen and oxygen atoms in total. The molecule has 0 saturated heterocycles. The van der Waals surface area contributed by atoms with Crippen LogP contribution in [0.1, 0.15) is 5.56 Å². The van der Waals surface area contributed by atoms with E-state index >= 15 is 0 Å². The lowest BCUT2D eigenvalue weighted by Crippen LogP contribution is -1.96. The van der Waals surface area contributed by atoms with Gasteiger partial charge in [0.2, 0.25) is 0 Å². The predicted molar refractivity (Wildman–Crippen MR) is 75.6 cm³/mol. The van der Waals surface area contributed by atoms with Crippen LogP contribution in [0.3, 0.4) is 0 Å². The average Bonchev–Trinajstić information content (AvgIpc) is 2.47. The molecule has 0 aliphatic heterocycles. The molecule has 0 fully saturated rings. The second-order valence-electron chi connectivity index (χ2n) is 3.82. The molecule has 18 heavy (non-hydrogen) atoms. The van der Waals surface area contributed by atoms with Gasteiger partial charge in [0.1, 0.15) is 0 Å². The zero-order valence-electron chi connectivity index (χ0n) is 10.0. The Labute approximate surface area is 108 Å². The Kier molecular flexibility index (Phi) is 3.95. The van der Waals surface area contributed by atoms with Gasteiger partial charge in [-0.25, -0.2) is 8.57 Å². The van der Waals surface area contributed by atoms with Gasteiger partial charge in [-0.15, -0.1) is 0 Å². The fraction of sp³-hybridized carbons (Fsp3) is 0.0667. The summed E-state index contributed by atoms with van der Waals surface area (Å²) >= 11 is 0. The fourth-order valence-corrected chi connectivity index (χ4v) is 2.93. The Bertz CT molecular complexity index is 626. The van der Waals surface area contributed by atoms with Gasteiger partial charge in [-0.1, -0.05) is 55.1 Å². The highest BCUT2D eigenvalue weighted by Gasteiger charge is 2.06. The van der Waals surface area contributed by atoms with Crippen molar-refractivity contribution in [1.82, 2.24) is 0 Å². The summed E-state index contributed by atoms with van der Waals surface area (Å²) in [6.45, 7) is 4.08. The van der Waals surface area contributed by atoms with Crippen LogP contribution in [-0.4, -0.2) is 4.21 Å². The first-order valence-corrected chi connectivity index (χ1v) is 7.27. The number of hydrogen-bond acceptors (Lipinski definition) is 2. The minimum Gasteiger partial charge on any atom is -0.240 e. The molecule has 0 aliphatic rings. The third kappa shape index (κ3) is 2.87. The highest BCUT2D eigenvalue weighted by Crippen LogP contribution is 2.15. The summed E-state index contributed by atoms with van der Waals surface area (Å²) in [5, 5.41) is 1.44. The first-order chi connectivity index (χ1) is 8.74. The van der Waals surface area contributed by atoms with Crippen LogP contribution in [0.5, 0.6) is 0 Å². The second-order valence-corrected chi connectivity index (χ2v) is 6.02. The fourth-order valence-electron chi connectivity index (χ4n) is 1.59. The molecule has 1 atom stereocenters. The van der Waals surface area contributed by atoms with E-state index in [0.717, 1.165) is 5.56 Å². The lowest BCUT2D eigenvalue weighted by Gasteiger charge is -2.05. The van der Waals surface area contributed by atoms with Crippen LogP contribution in [0, 0.1) is 0 Å². The molecule has 0 aromatic heterocycles. The van der Waals surface area contributed by atoms with E-state index in [2.05, 4.69) is 10.9 Å². The highest BCUT2D eigenvalue weighted by atomic mass is 32.2. The molecule has 0 amide bonds. The minimum atomic E-state index is -2.51. The van der Waals surface area contributed by atoms with E-state index in [1.165, 1.54) is 5.41 Å². The van der Waals surface area contributed by atoms with Crippen molar-refractivity contribution < 1.29 is 4.21 Å². The smallest absolute Gasteiger partial charge is 0.0966 e. The van der Waals surface area contributed by atoms with E-state index in [9.17, 15) is 4.21 Å². The number of rotatable bonds is 4. The molecule has 1 unspecified atom stereocenters. The molecule has 0 radical (unpaired) electrons. The molecule has 0 heterocycles. The van der Waals surface area contributed by atoms with Crippen molar-refractivity contribution in [1.29, 1.82) is 0 Å². The third-order valence-electron chi connectivity index (χ3n) is 2.59. The normalized spacial score (nSPS) is 13.6. The standard InChI is InChI=1S/C15H15NOS/c1-2-18(17,15-11-7-4-8-12-15)16-13-14-9-5-3-6-10-14/h2-12H,1,13H2. The molecule has 92 valence electrons. The van der Waals surface area contributed by atoms with Crippen molar-refractivity contribution in [2.45, 2.75) is 11.4 Å². The van der Waals surface area contributed by atoms with Crippen LogP contribution < -0.4 is 0 Å². The number of nitrogens with zero attached hydrogens (tertiary/aromatic N) is 1. The maximum absolute atomic E-state index is 12.6. The Balaban J connectivity index is 2.34. The van der Waals surface area contributed by atoms with Crippen molar-refractivity contribution >= 4 is 9.73 Å². The highest BCUT2D eigenvalue weighted by molar-refractivity contribution is 7.96. The molecule has 2 rings (SSSR count). The van der Waals surface area contributed by atoms with E-state index in [0.29, 0.717) is 11.4 Å². The molecule has 0 N–H and O–H groups in total. The van der Waals surface area contributed by atoms with Gasteiger partial charge in [-0.2, -0.15) is 0 Å². The molecule has 0 aliphatic carbocycles. The first-order valence-electron chi connectivity index (χ1n) is 5.69. The quantitative estimate of drug-likeness (QED) is 0.817. The van der Waals surface area contributed by atoms with Gasteiger partial charge in [0.05, 0.1) is 21.2 Å². The summed E-state index contributed by atoms with van der Waals surface area (Å²) in [5.41, 5.74) is 1.04. The van der Waals surface area contributed by atoms with Crippen molar-refractivity contribution in [2.24, 2.45) is 4.36 Å². The summed E-state index contributed by atoms with van der Waals surface area (Å²) in [7, 11) is -2.51. The Morgan fingerprint density at radius 2 is 1.56 bits per heavy atom. The van der Waals surface area contributed by atoms with Crippen molar-refractivity contribution in [3.05, 3.63) is 78.2 Å². The van der Waals surface area contributed by atoms with Crippen LogP contribution in [0.2, 0.25) is 0 Å². The second kappa shape index (κ2) is 5.65. The Hall–Kier alpha value is -1.87. The van der Waals surface area contributed by atoms with Crippen molar-refractivity contribution in [2.75, 3.05) is 0 Å². The van der Waals surface area contributed by atoms with Crippen LogP contribution in [0.4, 0.5) is 0 Å². The molecular weight excluding hydrogens is 242 g/mol. The van der Waals surface area contributed by atoms with E-state index in [-0.39, 0.29) is 0 Å². The van der Waals surface area contributed by atoms with Gasteiger partial charge in [-0.05, 0) is 17.7 Å².